The maximum absolute atomic E-state index is 9.98. The molecular formula is C25H31N5. The van der Waals surface area contributed by atoms with Gasteiger partial charge < -0.3 is 15.2 Å². The van der Waals surface area contributed by atoms with Gasteiger partial charge in [-0.25, -0.2) is 0 Å². The Hall–Kier alpha value is -2.55. The van der Waals surface area contributed by atoms with Crippen molar-refractivity contribution in [3.05, 3.63) is 47.7 Å². The molecule has 1 aliphatic heterocycles. The van der Waals surface area contributed by atoms with Gasteiger partial charge in [-0.15, -0.1) is 0 Å². The fourth-order valence-electron chi connectivity index (χ4n) is 4.94. The Balaban J connectivity index is 1.47. The van der Waals surface area contributed by atoms with E-state index in [4.69, 9.17) is 5.73 Å². The third-order valence-electron chi connectivity index (χ3n) is 6.83. The van der Waals surface area contributed by atoms with Crippen LogP contribution < -0.4 is 10.6 Å². The third-order valence-corrected chi connectivity index (χ3v) is 6.83. The van der Waals surface area contributed by atoms with E-state index < -0.39 is 0 Å². The van der Waals surface area contributed by atoms with Crippen LogP contribution in [0.3, 0.4) is 0 Å². The zero-order valence-electron chi connectivity index (χ0n) is 17.8. The number of hydrogen-bond donors (Lipinski definition) is 1. The Morgan fingerprint density at radius 3 is 2.60 bits per heavy atom. The Morgan fingerprint density at radius 2 is 1.97 bits per heavy atom. The van der Waals surface area contributed by atoms with Crippen LogP contribution in [0.2, 0.25) is 0 Å². The highest BCUT2D eigenvalue weighted by atomic mass is 15.3. The number of anilines is 1. The number of nitrogens with zero attached hydrogens (tertiary/aromatic N) is 4. The molecule has 1 atom stereocenters. The highest BCUT2D eigenvalue weighted by Crippen LogP contribution is 2.35. The van der Waals surface area contributed by atoms with Crippen molar-refractivity contribution >= 4 is 22.2 Å². The second-order valence-electron chi connectivity index (χ2n) is 8.93. The Labute approximate surface area is 179 Å². The summed E-state index contributed by atoms with van der Waals surface area (Å²) in [6, 6.07) is 9.19. The molecule has 2 fully saturated rings. The minimum absolute atomic E-state index is 0.0731. The molecule has 1 saturated heterocycles. The number of nitrogens with two attached hydrogens (primary N) is 1. The topological polar surface area (TPSA) is 61.2 Å². The van der Waals surface area contributed by atoms with Crippen molar-refractivity contribution in [2.45, 2.75) is 38.8 Å². The predicted molar refractivity (Wildman–Crippen MR) is 123 cm³/mol. The standard InChI is InChI=1S/C25H31N5/c1-2-30-24-15-21(29-13-11-28(12-14-29)17-18-3-4-18)9-10-22(24)23(16-26)25(30)19-5-7-20(27)8-6-19/h5-7,9-10,15,18,20H,2-4,8,11-14,17,27H2,1H3. The summed E-state index contributed by atoms with van der Waals surface area (Å²) >= 11 is 0. The van der Waals surface area contributed by atoms with Gasteiger partial charge in [0.1, 0.15) is 6.07 Å². The largest absolute Gasteiger partial charge is 0.369 e. The minimum Gasteiger partial charge on any atom is -0.369 e. The summed E-state index contributed by atoms with van der Waals surface area (Å²) in [6.07, 6.45) is 9.96. The smallest absolute Gasteiger partial charge is 0.102 e. The average Bonchev–Trinajstić information content (AvgIpc) is 3.53. The highest BCUT2D eigenvalue weighted by Gasteiger charge is 2.27. The molecule has 2 heterocycles. The van der Waals surface area contributed by atoms with E-state index in [0.29, 0.717) is 0 Å². The molecule has 0 bridgehead atoms. The Kier molecular flexibility index (Phi) is 5.14. The molecule has 2 N–H and O–H groups in total. The second-order valence-corrected chi connectivity index (χ2v) is 8.93. The van der Waals surface area contributed by atoms with E-state index in [1.54, 1.807) is 0 Å². The summed E-state index contributed by atoms with van der Waals surface area (Å²) in [5.74, 6) is 0.959. The molecule has 30 heavy (non-hydrogen) atoms. The molecule has 0 radical (unpaired) electrons. The number of aryl methyl sites for hydroxylation is 1. The number of rotatable bonds is 5. The zero-order chi connectivity index (χ0) is 20.7. The van der Waals surface area contributed by atoms with Gasteiger partial charge in [0.25, 0.3) is 0 Å². The monoisotopic (exact) mass is 401 g/mol. The first-order valence-electron chi connectivity index (χ1n) is 11.4. The van der Waals surface area contributed by atoms with Crippen LogP contribution in [0, 0.1) is 17.2 Å². The van der Waals surface area contributed by atoms with E-state index in [9.17, 15) is 5.26 Å². The minimum atomic E-state index is 0.0731. The quantitative estimate of drug-likeness (QED) is 0.829. The van der Waals surface area contributed by atoms with E-state index in [1.165, 1.54) is 25.1 Å². The molecule has 5 nitrogen and oxygen atoms in total. The first-order valence-corrected chi connectivity index (χ1v) is 11.4. The third kappa shape index (κ3) is 3.55. The van der Waals surface area contributed by atoms with Gasteiger partial charge in [0.15, 0.2) is 0 Å². The van der Waals surface area contributed by atoms with Gasteiger partial charge in [0, 0.05) is 56.4 Å². The van der Waals surface area contributed by atoms with Gasteiger partial charge in [0.2, 0.25) is 0 Å². The summed E-state index contributed by atoms with van der Waals surface area (Å²) in [4.78, 5) is 5.13. The Morgan fingerprint density at radius 1 is 1.17 bits per heavy atom. The lowest BCUT2D eigenvalue weighted by atomic mass is 9.98. The van der Waals surface area contributed by atoms with Crippen molar-refractivity contribution in [2.24, 2.45) is 11.7 Å². The van der Waals surface area contributed by atoms with E-state index in [1.807, 2.05) is 6.08 Å². The zero-order valence-corrected chi connectivity index (χ0v) is 17.8. The lowest BCUT2D eigenvalue weighted by molar-refractivity contribution is 0.248. The average molecular weight is 402 g/mol. The van der Waals surface area contributed by atoms with E-state index in [0.717, 1.165) is 72.8 Å². The Bertz CT molecular complexity index is 1040. The second kappa shape index (κ2) is 7.94. The van der Waals surface area contributed by atoms with Gasteiger partial charge in [-0.3, -0.25) is 4.90 Å². The normalized spacial score (nSPS) is 22.4. The fraction of sp³-hybridized carbons (Fsp3) is 0.480. The van der Waals surface area contributed by atoms with Gasteiger partial charge in [-0.2, -0.15) is 5.26 Å². The van der Waals surface area contributed by atoms with Crippen LogP contribution >= 0.6 is 0 Å². The van der Waals surface area contributed by atoms with Crippen LogP contribution in [-0.4, -0.2) is 48.2 Å². The number of hydrogen-bond acceptors (Lipinski definition) is 4. The molecule has 156 valence electrons. The molecule has 0 amide bonds. The SMILES string of the molecule is CCn1c(C2=CCC(N)C=C2)c(C#N)c2ccc(N3CCN(CC4CC4)CC3)cc21. The number of piperazine rings is 1. The molecule has 5 heteroatoms. The maximum Gasteiger partial charge on any atom is 0.102 e. The predicted octanol–water partition coefficient (Wildman–Crippen LogP) is 3.74. The van der Waals surface area contributed by atoms with Crippen LogP contribution in [0.25, 0.3) is 16.5 Å². The molecule has 1 aromatic heterocycles. The van der Waals surface area contributed by atoms with Crippen molar-refractivity contribution in [2.75, 3.05) is 37.6 Å². The summed E-state index contributed by atoms with van der Waals surface area (Å²) < 4.78 is 2.30. The first-order chi connectivity index (χ1) is 14.7. The van der Waals surface area contributed by atoms with Crippen molar-refractivity contribution in [3.8, 4) is 6.07 Å². The van der Waals surface area contributed by atoms with E-state index in [2.05, 4.69) is 57.7 Å². The summed E-state index contributed by atoms with van der Waals surface area (Å²) in [5, 5.41) is 11.0. The van der Waals surface area contributed by atoms with Crippen LogP contribution in [-0.2, 0) is 6.54 Å². The van der Waals surface area contributed by atoms with Crippen molar-refractivity contribution < 1.29 is 0 Å². The molecule has 2 aliphatic carbocycles. The summed E-state index contributed by atoms with van der Waals surface area (Å²) in [7, 11) is 0. The van der Waals surface area contributed by atoms with Crippen LogP contribution in [0.15, 0.2) is 36.4 Å². The van der Waals surface area contributed by atoms with Crippen LogP contribution in [0.4, 0.5) is 5.69 Å². The molecule has 2 aromatic rings. The van der Waals surface area contributed by atoms with E-state index in [-0.39, 0.29) is 6.04 Å². The number of nitriles is 1. The highest BCUT2D eigenvalue weighted by molar-refractivity contribution is 5.96. The lowest BCUT2D eigenvalue weighted by Gasteiger charge is -2.36. The van der Waals surface area contributed by atoms with Crippen molar-refractivity contribution in [1.29, 1.82) is 5.26 Å². The van der Waals surface area contributed by atoms with Crippen molar-refractivity contribution in [3.63, 3.8) is 0 Å². The van der Waals surface area contributed by atoms with Gasteiger partial charge in [-0.05, 0) is 55.9 Å². The first kappa shape index (κ1) is 19.4. The van der Waals surface area contributed by atoms with Crippen LogP contribution in [0.5, 0.6) is 0 Å². The molecular weight excluding hydrogens is 370 g/mol. The molecule has 1 unspecified atom stereocenters. The van der Waals surface area contributed by atoms with Gasteiger partial charge in [0.05, 0.1) is 16.8 Å². The molecule has 5 rings (SSSR count). The number of fused-ring (bicyclic) bond motifs is 1. The molecule has 3 aliphatic rings. The fourth-order valence-corrected chi connectivity index (χ4v) is 4.94. The van der Waals surface area contributed by atoms with E-state index >= 15 is 0 Å². The lowest BCUT2D eigenvalue weighted by Crippen LogP contribution is -2.47. The molecule has 1 aromatic carbocycles. The van der Waals surface area contributed by atoms with Gasteiger partial charge in [-0.1, -0.05) is 18.2 Å². The summed E-state index contributed by atoms with van der Waals surface area (Å²) in [6.45, 7) is 8.73. The number of benzene rings is 1. The van der Waals surface area contributed by atoms with Gasteiger partial charge >= 0.3 is 0 Å². The maximum atomic E-state index is 9.98. The number of allylic oxidation sites excluding steroid dienone is 2. The van der Waals surface area contributed by atoms with Crippen molar-refractivity contribution in [1.82, 2.24) is 9.47 Å². The molecule has 0 spiro atoms. The number of aromatic nitrogens is 1. The summed E-state index contributed by atoms with van der Waals surface area (Å²) in [5.41, 5.74) is 11.4. The van der Waals surface area contributed by atoms with Crippen LogP contribution in [0.1, 0.15) is 37.4 Å². The molecule has 1 saturated carbocycles.